The van der Waals surface area contributed by atoms with Crippen LogP contribution in [0.4, 0.5) is 4.39 Å². The first-order chi connectivity index (χ1) is 16.6. The summed E-state index contributed by atoms with van der Waals surface area (Å²) < 4.78 is 18.9. The molecule has 0 spiro atoms. The molecule has 1 N–H and O–H groups in total. The first-order valence-electron chi connectivity index (χ1n) is 11.4. The fourth-order valence-electron chi connectivity index (χ4n) is 3.58. The molecule has 2 amide bonds. The number of nitrogens with one attached hydrogen (secondary N) is 1. The molecule has 0 aliphatic heterocycles. The Kier molecular flexibility index (Phi) is 8.88. The van der Waals surface area contributed by atoms with Crippen LogP contribution in [0.5, 0.6) is 5.75 Å². The number of hydrogen-bond donors (Lipinski definition) is 1. The van der Waals surface area contributed by atoms with E-state index in [0.29, 0.717) is 22.8 Å². The lowest BCUT2D eigenvalue weighted by atomic mass is 10.0. The van der Waals surface area contributed by atoms with Gasteiger partial charge in [-0.05, 0) is 62.2 Å². The first kappa shape index (κ1) is 26.2. The number of amides is 2. The normalized spacial score (nSPS) is 12.0. The minimum atomic E-state index is -0.808. The van der Waals surface area contributed by atoms with E-state index in [4.69, 9.17) is 16.3 Å². The maximum atomic E-state index is 13.5. The molecule has 35 heavy (non-hydrogen) atoms. The lowest BCUT2D eigenvalue weighted by Crippen LogP contribution is -2.55. The second-order valence-corrected chi connectivity index (χ2v) is 9.71. The Bertz CT molecular complexity index is 1130. The smallest absolute Gasteiger partial charge is 0.261 e. The van der Waals surface area contributed by atoms with Gasteiger partial charge in [-0.2, -0.15) is 0 Å². The van der Waals surface area contributed by atoms with Gasteiger partial charge >= 0.3 is 0 Å². The topological polar surface area (TPSA) is 58.6 Å². The van der Waals surface area contributed by atoms with Crippen LogP contribution in [0.15, 0.2) is 78.9 Å². The van der Waals surface area contributed by atoms with Crippen molar-refractivity contribution in [3.8, 4) is 5.75 Å². The third-order valence-electron chi connectivity index (χ3n) is 5.24. The van der Waals surface area contributed by atoms with Crippen molar-refractivity contribution in [2.45, 2.75) is 45.3 Å². The number of ether oxygens (including phenoxy) is 1. The molecule has 0 saturated heterocycles. The van der Waals surface area contributed by atoms with E-state index >= 15 is 0 Å². The summed E-state index contributed by atoms with van der Waals surface area (Å²) in [5, 5.41) is 3.51. The molecule has 0 fully saturated rings. The molecule has 7 heteroatoms. The maximum Gasteiger partial charge on any atom is 0.261 e. The van der Waals surface area contributed by atoms with Crippen LogP contribution in [0.2, 0.25) is 5.02 Å². The number of carbonyl (C=O) groups excluding carboxylic acids is 2. The largest absolute Gasteiger partial charge is 0.484 e. The number of hydrogen-bond acceptors (Lipinski definition) is 3. The Balaban J connectivity index is 1.93. The van der Waals surface area contributed by atoms with Crippen molar-refractivity contribution in [3.05, 3.63) is 101 Å². The Morgan fingerprint density at radius 1 is 0.971 bits per heavy atom. The van der Waals surface area contributed by atoms with Crippen LogP contribution in [0.1, 0.15) is 31.9 Å². The highest BCUT2D eigenvalue weighted by Gasteiger charge is 2.32. The number of halogens is 2. The molecule has 0 aliphatic rings. The molecule has 5 nitrogen and oxygen atoms in total. The number of nitrogens with zero attached hydrogens (tertiary/aromatic N) is 1. The quantitative estimate of drug-likeness (QED) is 0.430. The Hall–Kier alpha value is -3.38. The first-order valence-corrected chi connectivity index (χ1v) is 11.8. The van der Waals surface area contributed by atoms with E-state index in [1.165, 1.54) is 29.2 Å². The van der Waals surface area contributed by atoms with Gasteiger partial charge in [-0.1, -0.05) is 60.1 Å². The van der Waals surface area contributed by atoms with Crippen LogP contribution in [0.3, 0.4) is 0 Å². The van der Waals surface area contributed by atoms with Crippen LogP contribution in [-0.2, 0) is 22.6 Å². The summed E-state index contributed by atoms with van der Waals surface area (Å²) in [6, 6.07) is 21.4. The van der Waals surface area contributed by atoms with E-state index in [1.807, 2.05) is 69.3 Å². The monoisotopic (exact) mass is 496 g/mol. The van der Waals surface area contributed by atoms with Gasteiger partial charge in [-0.25, -0.2) is 4.39 Å². The minimum Gasteiger partial charge on any atom is -0.484 e. The number of rotatable bonds is 9. The Labute approximate surface area is 210 Å². The Morgan fingerprint density at radius 3 is 2.23 bits per heavy atom. The second-order valence-electron chi connectivity index (χ2n) is 9.30. The highest BCUT2D eigenvalue weighted by atomic mass is 35.5. The van der Waals surface area contributed by atoms with Gasteiger partial charge in [0.1, 0.15) is 17.6 Å². The van der Waals surface area contributed by atoms with Gasteiger partial charge in [0, 0.05) is 23.5 Å². The van der Waals surface area contributed by atoms with Crippen molar-refractivity contribution < 1.29 is 18.7 Å². The predicted octanol–water partition coefficient (Wildman–Crippen LogP) is 5.41. The lowest BCUT2D eigenvalue weighted by Gasteiger charge is -2.34. The van der Waals surface area contributed by atoms with Gasteiger partial charge in [0.25, 0.3) is 5.91 Å². The molecule has 1 atom stereocenters. The zero-order valence-corrected chi connectivity index (χ0v) is 20.9. The van der Waals surface area contributed by atoms with Gasteiger partial charge in [0.2, 0.25) is 5.91 Å². The molecule has 0 unspecified atom stereocenters. The molecule has 3 aromatic rings. The minimum absolute atomic E-state index is 0.125. The molecular formula is C28H30ClFN2O3. The van der Waals surface area contributed by atoms with Crippen molar-refractivity contribution in [2.75, 3.05) is 6.61 Å². The van der Waals surface area contributed by atoms with E-state index in [2.05, 4.69) is 5.32 Å². The van der Waals surface area contributed by atoms with E-state index < -0.39 is 17.4 Å². The third kappa shape index (κ3) is 8.11. The van der Waals surface area contributed by atoms with Crippen LogP contribution in [0.25, 0.3) is 0 Å². The summed E-state index contributed by atoms with van der Waals surface area (Å²) in [6.45, 7) is 5.48. The average molecular weight is 497 g/mol. The van der Waals surface area contributed by atoms with E-state index in [1.54, 1.807) is 6.07 Å². The van der Waals surface area contributed by atoms with Crippen molar-refractivity contribution in [1.82, 2.24) is 10.2 Å². The van der Waals surface area contributed by atoms with Gasteiger partial charge in [-0.3, -0.25) is 9.59 Å². The highest BCUT2D eigenvalue weighted by Crippen LogP contribution is 2.21. The van der Waals surface area contributed by atoms with Crippen molar-refractivity contribution in [2.24, 2.45) is 0 Å². The molecule has 0 heterocycles. The van der Waals surface area contributed by atoms with E-state index in [9.17, 15) is 14.0 Å². The Morgan fingerprint density at radius 2 is 1.60 bits per heavy atom. The van der Waals surface area contributed by atoms with Crippen LogP contribution >= 0.6 is 11.6 Å². The van der Waals surface area contributed by atoms with Gasteiger partial charge in [0.15, 0.2) is 6.61 Å². The summed E-state index contributed by atoms with van der Waals surface area (Å²) in [7, 11) is 0. The van der Waals surface area contributed by atoms with Gasteiger partial charge in [0.05, 0.1) is 0 Å². The zero-order chi connectivity index (χ0) is 25.4. The molecule has 0 aromatic heterocycles. The van der Waals surface area contributed by atoms with Gasteiger partial charge in [-0.15, -0.1) is 0 Å². The summed E-state index contributed by atoms with van der Waals surface area (Å²) in [6.07, 6.45) is 0.315. The van der Waals surface area contributed by atoms with Crippen molar-refractivity contribution in [3.63, 3.8) is 0 Å². The lowest BCUT2D eigenvalue weighted by molar-refractivity contribution is -0.143. The zero-order valence-electron chi connectivity index (χ0n) is 20.1. The average Bonchev–Trinajstić information content (AvgIpc) is 2.81. The highest BCUT2D eigenvalue weighted by molar-refractivity contribution is 6.31. The van der Waals surface area contributed by atoms with Crippen LogP contribution in [-0.4, -0.2) is 34.9 Å². The fourth-order valence-corrected chi connectivity index (χ4v) is 3.77. The summed E-state index contributed by atoms with van der Waals surface area (Å²) in [5.41, 5.74) is 1.14. The molecular weight excluding hydrogens is 467 g/mol. The number of benzene rings is 3. The molecule has 3 rings (SSSR count). The van der Waals surface area contributed by atoms with Crippen LogP contribution < -0.4 is 10.1 Å². The molecule has 0 bridgehead atoms. The van der Waals surface area contributed by atoms with Gasteiger partial charge < -0.3 is 15.0 Å². The fraction of sp³-hybridized carbons (Fsp3) is 0.286. The SMILES string of the molecule is CC(C)(C)NC(=O)[C@H](Cc1ccccc1)N(Cc1ccccc1Cl)C(=O)COc1ccc(F)cc1. The summed E-state index contributed by atoms with van der Waals surface area (Å²) in [4.78, 5) is 28.5. The molecule has 184 valence electrons. The summed E-state index contributed by atoms with van der Waals surface area (Å²) in [5.74, 6) is -0.704. The van der Waals surface area contributed by atoms with E-state index in [-0.39, 0.29) is 25.0 Å². The van der Waals surface area contributed by atoms with E-state index in [0.717, 1.165) is 5.56 Å². The maximum absolute atomic E-state index is 13.5. The van der Waals surface area contributed by atoms with Crippen molar-refractivity contribution >= 4 is 23.4 Å². The molecule has 0 aliphatic carbocycles. The summed E-state index contributed by atoms with van der Waals surface area (Å²) >= 11 is 6.41. The second kappa shape index (κ2) is 11.8. The predicted molar refractivity (Wildman–Crippen MR) is 136 cm³/mol. The molecule has 3 aromatic carbocycles. The standard InChI is InChI=1S/C28H30ClFN2O3/c1-28(2,3)31-27(34)25(17-20-9-5-4-6-10-20)32(18-21-11-7-8-12-24(21)29)26(33)19-35-23-15-13-22(30)14-16-23/h4-16,25H,17-19H2,1-3H3,(H,31,34)/t25-/m0/s1. The third-order valence-corrected chi connectivity index (χ3v) is 5.61. The van der Waals surface area contributed by atoms with Crippen LogP contribution in [0, 0.1) is 5.82 Å². The molecule has 0 saturated carbocycles. The van der Waals surface area contributed by atoms with Crippen molar-refractivity contribution in [1.29, 1.82) is 0 Å². The number of carbonyl (C=O) groups is 2. The molecule has 0 radical (unpaired) electrons.